The molecule has 2 N–H and O–H groups in total. The summed E-state index contributed by atoms with van der Waals surface area (Å²) in [6.45, 7) is 5.02. The molecule has 3 amide bonds. The van der Waals surface area contributed by atoms with Crippen LogP contribution in [0.15, 0.2) is 24.3 Å². The van der Waals surface area contributed by atoms with Gasteiger partial charge in [-0.15, -0.1) is 0 Å². The van der Waals surface area contributed by atoms with Crippen molar-refractivity contribution in [2.24, 2.45) is 11.8 Å². The van der Waals surface area contributed by atoms with Gasteiger partial charge in [-0.05, 0) is 31.0 Å². The SMILES string of the molecule is CNC(=O)c1cccc(NC(=O)C2CCN(C(=O)C(C)C)CC2)c1. The molecule has 0 aliphatic carbocycles. The monoisotopic (exact) mass is 331 g/mol. The van der Waals surface area contributed by atoms with E-state index in [1.54, 1.807) is 31.3 Å². The third-order valence-electron chi connectivity index (χ3n) is 4.29. The molecule has 1 heterocycles. The Kier molecular flexibility index (Phi) is 5.95. The van der Waals surface area contributed by atoms with Gasteiger partial charge in [0.25, 0.3) is 5.91 Å². The van der Waals surface area contributed by atoms with Gasteiger partial charge in [-0.3, -0.25) is 14.4 Å². The van der Waals surface area contributed by atoms with Crippen LogP contribution in [0.5, 0.6) is 0 Å². The molecule has 1 aromatic carbocycles. The number of likely N-dealkylation sites (tertiary alicyclic amines) is 1. The number of hydrogen-bond donors (Lipinski definition) is 2. The van der Waals surface area contributed by atoms with E-state index in [1.807, 2.05) is 18.7 Å². The Bertz CT molecular complexity index is 620. The van der Waals surface area contributed by atoms with Gasteiger partial charge in [0, 0.05) is 43.2 Å². The molecular weight excluding hydrogens is 306 g/mol. The zero-order valence-corrected chi connectivity index (χ0v) is 14.5. The summed E-state index contributed by atoms with van der Waals surface area (Å²) < 4.78 is 0. The second kappa shape index (κ2) is 7.95. The van der Waals surface area contributed by atoms with Crippen LogP contribution in [0.3, 0.4) is 0 Å². The second-order valence-corrected chi connectivity index (χ2v) is 6.40. The van der Waals surface area contributed by atoms with E-state index >= 15 is 0 Å². The minimum atomic E-state index is -0.188. The lowest BCUT2D eigenvalue weighted by molar-refractivity contribution is -0.137. The lowest BCUT2D eigenvalue weighted by atomic mass is 9.95. The van der Waals surface area contributed by atoms with E-state index in [0.717, 1.165) is 0 Å². The minimum Gasteiger partial charge on any atom is -0.355 e. The summed E-state index contributed by atoms with van der Waals surface area (Å²) >= 11 is 0. The molecular formula is C18H25N3O3. The molecule has 6 nitrogen and oxygen atoms in total. The first-order chi connectivity index (χ1) is 11.4. The van der Waals surface area contributed by atoms with Crippen molar-refractivity contribution >= 4 is 23.4 Å². The van der Waals surface area contributed by atoms with Gasteiger partial charge in [0.05, 0.1) is 0 Å². The molecule has 0 radical (unpaired) electrons. The molecule has 1 aliphatic heterocycles. The van der Waals surface area contributed by atoms with Gasteiger partial charge in [-0.1, -0.05) is 19.9 Å². The quantitative estimate of drug-likeness (QED) is 0.884. The zero-order chi connectivity index (χ0) is 17.7. The Morgan fingerprint density at radius 3 is 2.42 bits per heavy atom. The zero-order valence-electron chi connectivity index (χ0n) is 14.5. The van der Waals surface area contributed by atoms with E-state index in [1.165, 1.54) is 0 Å². The number of rotatable bonds is 4. The summed E-state index contributed by atoms with van der Waals surface area (Å²) in [6, 6.07) is 6.87. The number of anilines is 1. The van der Waals surface area contributed by atoms with Crippen LogP contribution in [0.25, 0.3) is 0 Å². The van der Waals surface area contributed by atoms with Crippen molar-refractivity contribution in [1.82, 2.24) is 10.2 Å². The van der Waals surface area contributed by atoms with Crippen LogP contribution in [0.4, 0.5) is 5.69 Å². The third-order valence-corrected chi connectivity index (χ3v) is 4.29. The summed E-state index contributed by atoms with van der Waals surface area (Å²) in [6.07, 6.45) is 1.33. The second-order valence-electron chi connectivity index (χ2n) is 6.40. The van der Waals surface area contributed by atoms with Gasteiger partial charge in [0.2, 0.25) is 11.8 Å². The van der Waals surface area contributed by atoms with Crippen molar-refractivity contribution < 1.29 is 14.4 Å². The molecule has 1 fully saturated rings. The largest absolute Gasteiger partial charge is 0.355 e. The summed E-state index contributed by atoms with van der Waals surface area (Å²) in [5.74, 6) is -0.216. The Balaban J connectivity index is 1.92. The summed E-state index contributed by atoms with van der Waals surface area (Å²) in [5.41, 5.74) is 1.12. The number of piperidine rings is 1. The molecule has 130 valence electrons. The molecule has 0 spiro atoms. The topological polar surface area (TPSA) is 78.5 Å². The number of carbonyl (C=O) groups is 3. The molecule has 24 heavy (non-hydrogen) atoms. The Morgan fingerprint density at radius 1 is 1.17 bits per heavy atom. The highest BCUT2D eigenvalue weighted by molar-refractivity contribution is 5.97. The van der Waals surface area contributed by atoms with Crippen LogP contribution in [0, 0.1) is 11.8 Å². The molecule has 1 saturated heterocycles. The Hall–Kier alpha value is -2.37. The fourth-order valence-electron chi connectivity index (χ4n) is 2.85. The first-order valence-electron chi connectivity index (χ1n) is 8.34. The van der Waals surface area contributed by atoms with Crippen molar-refractivity contribution in [3.8, 4) is 0 Å². The van der Waals surface area contributed by atoms with Gasteiger partial charge >= 0.3 is 0 Å². The fourth-order valence-corrected chi connectivity index (χ4v) is 2.85. The van der Waals surface area contributed by atoms with Crippen LogP contribution in [0.1, 0.15) is 37.0 Å². The number of hydrogen-bond acceptors (Lipinski definition) is 3. The molecule has 2 rings (SSSR count). The lowest BCUT2D eigenvalue weighted by Gasteiger charge is -2.32. The van der Waals surface area contributed by atoms with Gasteiger partial charge in [-0.2, -0.15) is 0 Å². The van der Waals surface area contributed by atoms with Crippen LogP contribution >= 0.6 is 0 Å². The van der Waals surface area contributed by atoms with E-state index in [4.69, 9.17) is 0 Å². The maximum absolute atomic E-state index is 12.4. The first kappa shape index (κ1) is 18.0. The molecule has 1 aliphatic rings. The van der Waals surface area contributed by atoms with Gasteiger partial charge in [0.15, 0.2) is 0 Å². The molecule has 6 heteroatoms. The number of nitrogens with one attached hydrogen (secondary N) is 2. The summed E-state index contributed by atoms with van der Waals surface area (Å²) in [5, 5.41) is 5.44. The van der Waals surface area contributed by atoms with Crippen molar-refractivity contribution in [2.75, 3.05) is 25.5 Å². The smallest absolute Gasteiger partial charge is 0.251 e. The third kappa shape index (κ3) is 4.34. The Morgan fingerprint density at radius 2 is 1.83 bits per heavy atom. The maximum atomic E-state index is 12.4. The predicted molar refractivity (Wildman–Crippen MR) is 92.6 cm³/mol. The number of amides is 3. The average molecular weight is 331 g/mol. The van der Waals surface area contributed by atoms with E-state index in [9.17, 15) is 14.4 Å². The summed E-state index contributed by atoms with van der Waals surface area (Å²) in [7, 11) is 1.57. The molecule has 0 saturated carbocycles. The molecule has 0 bridgehead atoms. The lowest BCUT2D eigenvalue weighted by Crippen LogP contribution is -2.43. The Labute approximate surface area is 142 Å². The van der Waals surface area contributed by atoms with E-state index < -0.39 is 0 Å². The molecule has 0 atom stereocenters. The van der Waals surface area contributed by atoms with Crippen molar-refractivity contribution in [1.29, 1.82) is 0 Å². The highest BCUT2D eigenvalue weighted by atomic mass is 16.2. The van der Waals surface area contributed by atoms with Gasteiger partial charge in [0.1, 0.15) is 0 Å². The van der Waals surface area contributed by atoms with E-state index in [0.29, 0.717) is 37.2 Å². The predicted octanol–water partition coefficient (Wildman–Crippen LogP) is 1.88. The fraction of sp³-hybridized carbons (Fsp3) is 0.500. The van der Waals surface area contributed by atoms with E-state index in [-0.39, 0.29) is 29.6 Å². The van der Waals surface area contributed by atoms with E-state index in [2.05, 4.69) is 10.6 Å². The van der Waals surface area contributed by atoms with Crippen molar-refractivity contribution in [2.45, 2.75) is 26.7 Å². The highest BCUT2D eigenvalue weighted by Gasteiger charge is 2.28. The standard InChI is InChI=1S/C18H25N3O3/c1-12(2)18(24)21-9-7-13(8-10-21)17(23)20-15-6-4-5-14(11-15)16(22)19-3/h4-6,11-13H,7-10H2,1-3H3,(H,19,22)(H,20,23). The molecule has 0 aromatic heterocycles. The van der Waals surface area contributed by atoms with Crippen LogP contribution < -0.4 is 10.6 Å². The van der Waals surface area contributed by atoms with Crippen molar-refractivity contribution in [3.05, 3.63) is 29.8 Å². The van der Waals surface area contributed by atoms with Crippen LogP contribution in [-0.2, 0) is 9.59 Å². The van der Waals surface area contributed by atoms with Crippen molar-refractivity contribution in [3.63, 3.8) is 0 Å². The number of nitrogens with zero attached hydrogens (tertiary/aromatic N) is 1. The van der Waals surface area contributed by atoms with Gasteiger partial charge in [-0.25, -0.2) is 0 Å². The van der Waals surface area contributed by atoms with Crippen LogP contribution in [-0.4, -0.2) is 42.8 Å². The average Bonchev–Trinajstić information content (AvgIpc) is 2.60. The summed E-state index contributed by atoms with van der Waals surface area (Å²) in [4.78, 5) is 37.9. The highest BCUT2D eigenvalue weighted by Crippen LogP contribution is 2.21. The van der Waals surface area contributed by atoms with Crippen LogP contribution in [0.2, 0.25) is 0 Å². The number of benzene rings is 1. The molecule has 1 aromatic rings. The number of carbonyl (C=O) groups excluding carboxylic acids is 3. The maximum Gasteiger partial charge on any atom is 0.251 e. The first-order valence-corrected chi connectivity index (χ1v) is 8.34. The normalized spacial score (nSPS) is 15.2. The van der Waals surface area contributed by atoms with Gasteiger partial charge < -0.3 is 15.5 Å². The minimum absolute atomic E-state index is 0.0113. The molecule has 0 unspecified atom stereocenters.